The molecule has 0 saturated carbocycles. The summed E-state index contributed by atoms with van der Waals surface area (Å²) in [7, 11) is 1.70. The van der Waals surface area contributed by atoms with Crippen LogP contribution in [0.3, 0.4) is 0 Å². The van der Waals surface area contributed by atoms with Gasteiger partial charge in [-0.2, -0.15) is 0 Å². The second-order valence-electron chi connectivity index (χ2n) is 5.38. The molecule has 2 aromatic heterocycles. The van der Waals surface area contributed by atoms with Crippen molar-refractivity contribution in [3.8, 4) is 17.0 Å². The number of aromatic amines is 1. The van der Waals surface area contributed by atoms with Gasteiger partial charge in [0.05, 0.1) is 12.8 Å². The molecule has 4 heteroatoms. The molecule has 2 heterocycles. The van der Waals surface area contributed by atoms with Crippen molar-refractivity contribution < 1.29 is 4.74 Å². The number of ether oxygens (including phenoxy) is 1. The average molecular weight is 295 g/mol. The van der Waals surface area contributed by atoms with Crippen LogP contribution in [0.15, 0.2) is 42.7 Å². The molecule has 4 nitrogen and oxygen atoms in total. The first kappa shape index (κ1) is 14.6. The van der Waals surface area contributed by atoms with E-state index in [4.69, 9.17) is 10.5 Å². The van der Waals surface area contributed by atoms with Gasteiger partial charge in [0, 0.05) is 28.9 Å². The zero-order valence-electron chi connectivity index (χ0n) is 12.8. The fourth-order valence-corrected chi connectivity index (χ4v) is 2.82. The van der Waals surface area contributed by atoms with E-state index in [1.165, 1.54) is 10.9 Å². The number of methoxy groups -OCH3 is 1. The summed E-state index contributed by atoms with van der Waals surface area (Å²) < 4.78 is 5.37. The van der Waals surface area contributed by atoms with E-state index in [0.29, 0.717) is 0 Å². The van der Waals surface area contributed by atoms with E-state index >= 15 is 0 Å². The number of nitrogens with zero attached hydrogens (tertiary/aromatic N) is 1. The number of nitrogens with two attached hydrogens (primary N) is 1. The third-order valence-corrected chi connectivity index (χ3v) is 3.94. The number of aromatic nitrogens is 2. The van der Waals surface area contributed by atoms with Gasteiger partial charge < -0.3 is 15.5 Å². The van der Waals surface area contributed by atoms with Crippen LogP contribution in [-0.4, -0.2) is 23.6 Å². The summed E-state index contributed by atoms with van der Waals surface area (Å²) in [5, 5.41) is 1.22. The summed E-state index contributed by atoms with van der Waals surface area (Å²) >= 11 is 0. The van der Waals surface area contributed by atoms with Crippen LogP contribution < -0.4 is 10.5 Å². The molecule has 0 unspecified atom stereocenters. The maximum atomic E-state index is 5.64. The summed E-state index contributed by atoms with van der Waals surface area (Å²) in [5.74, 6) is 0.879. The lowest BCUT2D eigenvalue weighted by Crippen LogP contribution is -1.99. The fraction of sp³-hybridized carbons (Fsp3) is 0.278. The predicted molar refractivity (Wildman–Crippen MR) is 90.1 cm³/mol. The molecule has 0 aliphatic carbocycles. The maximum absolute atomic E-state index is 5.64. The van der Waals surface area contributed by atoms with Gasteiger partial charge in [-0.1, -0.05) is 0 Å². The van der Waals surface area contributed by atoms with Gasteiger partial charge in [0.15, 0.2) is 0 Å². The van der Waals surface area contributed by atoms with Gasteiger partial charge in [-0.15, -0.1) is 0 Å². The topological polar surface area (TPSA) is 63.9 Å². The monoisotopic (exact) mass is 295 g/mol. The minimum absolute atomic E-state index is 0.730. The van der Waals surface area contributed by atoms with Gasteiger partial charge in [-0.3, -0.25) is 4.98 Å². The summed E-state index contributed by atoms with van der Waals surface area (Å²) in [6.45, 7) is 0.730. The first-order valence-corrected chi connectivity index (χ1v) is 7.62. The zero-order chi connectivity index (χ0) is 15.4. The third-order valence-electron chi connectivity index (χ3n) is 3.94. The number of hydrogen-bond donors (Lipinski definition) is 2. The van der Waals surface area contributed by atoms with E-state index in [1.54, 1.807) is 13.3 Å². The van der Waals surface area contributed by atoms with Crippen molar-refractivity contribution in [3.05, 3.63) is 48.3 Å². The molecule has 0 atom stereocenters. The Hall–Kier alpha value is -2.33. The number of unbranched alkanes of at least 4 members (excludes halogenated alkanes) is 1. The lowest BCUT2D eigenvalue weighted by atomic mass is 10.0. The summed E-state index contributed by atoms with van der Waals surface area (Å²) in [5.41, 5.74) is 10.3. The summed E-state index contributed by atoms with van der Waals surface area (Å²) in [4.78, 5) is 7.77. The van der Waals surface area contributed by atoms with Crippen LogP contribution in [-0.2, 0) is 6.42 Å². The van der Waals surface area contributed by atoms with Crippen LogP contribution in [0.1, 0.15) is 18.4 Å². The Morgan fingerprint density at radius 3 is 2.86 bits per heavy atom. The molecule has 114 valence electrons. The SMILES string of the molecule is COc1ccc2[nH]c(-c3cccnc3)c(CCCCN)c2c1. The van der Waals surface area contributed by atoms with E-state index in [2.05, 4.69) is 28.2 Å². The molecule has 0 fully saturated rings. The van der Waals surface area contributed by atoms with Crippen molar-refractivity contribution in [1.82, 2.24) is 9.97 Å². The highest BCUT2D eigenvalue weighted by Crippen LogP contribution is 2.33. The van der Waals surface area contributed by atoms with Crippen molar-refractivity contribution >= 4 is 10.9 Å². The molecule has 0 aliphatic rings. The second-order valence-corrected chi connectivity index (χ2v) is 5.38. The Morgan fingerprint density at radius 1 is 1.23 bits per heavy atom. The lowest BCUT2D eigenvalue weighted by Gasteiger charge is -2.05. The molecule has 0 saturated heterocycles. The lowest BCUT2D eigenvalue weighted by molar-refractivity contribution is 0.415. The second kappa shape index (κ2) is 6.62. The van der Waals surface area contributed by atoms with Gasteiger partial charge in [0.25, 0.3) is 0 Å². The number of pyridine rings is 1. The van der Waals surface area contributed by atoms with Gasteiger partial charge in [0.2, 0.25) is 0 Å². The zero-order valence-corrected chi connectivity index (χ0v) is 12.8. The van der Waals surface area contributed by atoms with E-state index in [-0.39, 0.29) is 0 Å². The van der Waals surface area contributed by atoms with Crippen molar-refractivity contribution in [1.29, 1.82) is 0 Å². The highest BCUT2D eigenvalue weighted by atomic mass is 16.5. The number of aryl methyl sites for hydroxylation is 1. The molecular weight excluding hydrogens is 274 g/mol. The molecule has 0 aliphatic heterocycles. The Kier molecular flexibility index (Phi) is 4.39. The fourth-order valence-electron chi connectivity index (χ4n) is 2.82. The quantitative estimate of drug-likeness (QED) is 0.684. The number of nitrogens with one attached hydrogen (secondary N) is 1. The van der Waals surface area contributed by atoms with Crippen LogP contribution in [0, 0.1) is 0 Å². The van der Waals surface area contributed by atoms with E-state index < -0.39 is 0 Å². The molecule has 0 amide bonds. The number of hydrogen-bond acceptors (Lipinski definition) is 3. The van der Waals surface area contributed by atoms with Crippen LogP contribution in [0.2, 0.25) is 0 Å². The number of H-pyrrole nitrogens is 1. The largest absolute Gasteiger partial charge is 0.497 e. The third kappa shape index (κ3) is 2.83. The first-order chi connectivity index (χ1) is 10.8. The highest BCUT2D eigenvalue weighted by molar-refractivity contribution is 5.91. The van der Waals surface area contributed by atoms with Crippen LogP contribution in [0.4, 0.5) is 0 Å². The van der Waals surface area contributed by atoms with Gasteiger partial charge in [0.1, 0.15) is 5.75 Å². The van der Waals surface area contributed by atoms with Crippen molar-refractivity contribution in [2.45, 2.75) is 19.3 Å². The number of rotatable bonds is 6. The van der Waals surface area contributed by atoms with Gasteiger partial charge >= 0.3 is 0 Å². The summed E-state index contributed by atoms with van der Waals surface area (Å²) in [6, 6.07) is 10.2. The van der Waals surface area contributed by atoms with Crippen LogP contribution >= 0.6 is 0 Å². The average Bonchev–Trinajstić information content (AvgIpc) is 2.94. The Balaban J connectivity index is 2.11. The maximum Gasteiger partial charge on any atom is 0.119 e. The minimum atomic E-state index is 0.730. The van der Waals surface area contributed by atoms with E-state index in [1.807, 2.05) is 18.3 Å². The van der Waals surface area contributed by atoms with E-state index in [0.717, 1.165) is 48.3 Å². The minimum Gasteiger partial charge on any atom is -0.497 e. The van der Waals surface area contributed by atoms with Crippen molar-refractivity contribution in [3.63, 3.8) is 0 Å². The normalized spacial score (nSPS) is 11.0. The molecule has 0 radical (unpaired) electrons. The molecule has 1 aromatic carbocycles. The van der Waals surface area contributed by atoms with Crippen molar-refractivity contribution in [2.24, 2.45) is 5.73 Å². The smallest absolute Gasteiger partial charge is 0.119 e. The molecule has 3 N–H and O–H groups in total. The molecule has 0 spiro atoms. The Labute approximate surface area is 130 Å². The first-order valence-electron chi connectivity index (χ1n) is 7.62. The molecule has 3 aromatic rings. The van der Waals surface area contributed by atoms with E-state index in [9.17, 15) is 0 Å². The standard InChI is InChI=1S/C18H21N3O/c1-22-14-7-8-17-16(11-14)15(6-2-3-9-19)18(21-17)13-5-4-10-20-12-13/h4-5,7-8,10-12,21H,2-3,6,9,19H2,1H3. The van der Waals surface area contributed by atoms with Crippen LogP contribution in [0.5, 0.6) is 5.75 Å². The molecular formula is C18H21N3O. The van der Waals surface area contributed by atoms with Gasteiger partial charge in [-0.05, 0) is 61.7 Å². The van der Waals surface area contributed by atoms with Crippen LogP contribution in [0.25, 0.3) is 22.2 Å². The predicted octanol–water partition coefficient (Wildman–Crippen LogP) is 3.52. The van der Waals surface area contributed by atoms with Gasteiger partial charge in [-0.25, -0.2) is 0 Å². The number of fused-ring (bicyclic) bond motifs is 1. The Bertz CT molecular complexity index is 750. The molecule has 3 rings (SSSR count). The van der Waals surface area contributed by atoms with Crippen molar-refractivity contribution in [2.75, 3.05) is 13.7 Å². The molecule has 0 bridgehead atoms. The highest BCUT2D eigenvalue weighted by Gasteiger charge is 2.13. The Morgan fingerprint density at radius 2 is 2.14 bits per heavy atom. The molecule has 22 heavy (non-hydrogen) atoms. The number of benzene rings is 1. The summed E-state index contributed by atoms with van der Waals surface area (Å²) in [6.07, 6.45) is 6.79.